The van der Waals surface area contributed by atoms with Crippen molar-refractivity contribution in [1.82, 2.24) is 30.2 Å². The Kier molecular flexibility index (Phi) is 22.4. The van der Waals surface area contributed by atoms with Gasteiger partial charge in [0.1, 0.15) is 18.1 Å². The number of likely N-dealkylation sites (tertiary alicyclic amines) is 2. The molecule has 2 fully saturated rings. The van der Waals surface area contributed by atoms with E-state index in [1.807, 2.05) is 47.6 Å². The van der Waals surface area contributed by atoms with E-state index in [-0.39, 0.29) is 73.0 Å². The summed E-state index contributed by atoms with van der Waals surface area (Å²) in [5, 5.41) is 37.0. The number of aliphatic hydroxyl groups excluding tert-OH is 2. The molecule has 2 heterocycles. The quantitative estimate of drug-likeness (QED) is 0.0633. The molecule has 376 valence electrons. The SMILES string of the molecule is CC[C@H](C)[C@@H]([C@H](CO)CC(=O)N1CCC[C@H]1[C@H](CO)[C@@H](C)C(=O)N[C@@H](Cc1ccccc1)C(=O)O)N(C)C(=O)[C@@H](NC(=O)[C@H](C(C)C)N(C)C(=O)CCCCCN1C(=O)CC(C)C1=O)C(C)C. The minimum atomic E-state index is -1.20. The van der Waals surface area contributed by atoms with Crippen molar-refractivity contribution in [3.05, 3.63) is 35.9 Å². The van der Waals surface area contributed by atoms with Gasteiger partial charge in [0.2, 0.25) is 41.4 Å². The number of carboxylic acids is 1. The fraction of sp³-hybridized carbons (Fsp3) is 0.720. The molecule has 10 atom stereocenters. The summed E-state index contributed by atoms with van der Waals surface area (Å²) in [6.45, 7) is 14.3. The van der Waals surface area contributed by atoms with Crippen LogP contribution in [0.3, 0.4) is 0 Å². The maximum atomic E-state index is 14.5. The van der Waals surface area contributed by atoms with Crippen LogP contribution in [0.1, 0.15) is 119 Å². The molecule has 17 heteroatoms. The predicted octanol–water partition coefficient (Wildman–Crippen LogP) is 3.49. The lowest BCUT2D eigenvalue weighted by Crippen LogP contribution is -2.59. The summed E-state index contributed by atoms with van der Waals surface area (Å²) >= 11 is 0. The van der Waals surface area contributed by atoms with Crippen LogP contribution in [-0.4, -0.2) is 153 Å². The minimum absolute atomic E-state index is 0.0721. The van der Waals surface area contributed by atoms with Gasteiger partial charge in [-0.3, -0.25) is 38.5 Å². The average molecular weight is 941 g/mol. The van der Waals surface area contributed by atoms with Gasteiger partial charge >= 0.3 is 5.97 Å². The number of nitrogens with zero attached hydrogens (tertiary/aromatic N) is 4. The van der Waals surface area contributed by atoms with Crippen molar-refractivity contribution in [2.24, 2.45) is 41.4 Å². The number of benzene rings is 1. The molecular weight excluding hydrogens is 861 g/mol. The Morgan fingerprint density at radius 1 is 0.851 bits per heavy atom. The maximum Gasteiger partial charge on any atom is 0.326 e. The number of amides is 7. The second kappa shape index (κ2) is 26.6. The minimum Gasteiger partial charge on any atom is -0.480 e. The Labute approximate surface area is 397 Å². The molecule has 2 aliphatic heterocycles. The normalized spacial score (nSPS) is 19.9. The summed E-state index contributed by atoms with van der Waals surface area (Å²) < 4.78 is 0. The Morgan fingerprint density at radius 3 is 2.04 bits per heavy atom. The summed E-state index contributed by atoms with van der Waals surface area (Å²) in [5.74, 6) is -6.96. The standard InChI is InChI=1S/C50H80N6O11/c1-11-32(6)45(36(28-57)27-42(61)55-24-18-21-39(55)37(29-58)34(8)46(62)51-38(50(66)67)26-35-19-14-12-15-20-35)54(10)49(65)43(30(2)3)52-47(63)44(31(4)5)53(9)40(59)22-16-13-17-23-56-41(60)25-33(7)48(56)64/h12,14-15,19-20,30-34,36-39,43-45,57-58H,11,13,16-18,21-29H2,1-10H3,(H,51,62)(H,52,63)(H,66,67)/t32-,33?,34+,36-,37+,38-,39-,43-,44-,45-/m0/s1. The van der Waals surface area contributed by atoms with E-state index in [2.05, 4.69) is 10.6 Å². The van der Waals surface area contributed by atoms with Crippen LogP contribution in [-0.2, 0) is 44.8 Å². The first-order valence-corrected chi connectivity index (χ1v) is 24.4. The molecule has 0 radical (unpaired) electrons. The zero-order chi connectivity index (χ0) is 50.3. The van der Waals surface area contributed by atoms with Gasteiger partial charge in [0.05, 0.1) is 0 Å². The van der Waals surface area contributed by atoms with Crippen molar-refractivity contribution in [2.75, 3.05) is 40.4 Å². The fourth-order valence-electron chi connectivity index (χ4n) is 9.93. The average Bonchev–Trinajstić information content (AvgIpc) is 3.87. The number of hydrogen-bond donors (Lipinski definition) is 5. The van der Waals surface area contributed by atoms with E-state index in [9.17, 15) is 53.7 Å². The third kappa shape index (κ3) is 15.0. The van der Waals surface area contributed by atoms with Gasteiger partial charge in [0, 0.05) is 102 Å². The first-order chi connectivity index (χ1) is 31.6. The molecule has 2 saturated heterocycles. The smallest absolute Gasteiger partial charge is 0.326 e. The Hall–Kier alpha value is -4.90. The van der Waals surface area contributed by atoms with Gasteiger partial charge < -0.3 is 40.7 Å². The van der Waals surface area contributed by atoms with E-state index >= 15 is 0 Å². The van der Waals surface area contributed by atoms with Crippen molar-refractivity contribution in [1.29, 1.82) is 0 Å². The molecule has 5 N–H and O–H groups in total. The monoisotopic (exact) mass is 941 g/mol. The Balaban J connectivity index is 1.71. The summed E-state index contributed by atoms with van der Waals surface area (Å²) in [6, 6.07) is 4.69. The fourth-order valence-corrected chi connectivity index (χ4v) is 9.93. The second-order valence-corrected chi connectivity index (χ2v) is 19.7. The van der Waals surface area contributed by atoms with E-state index in [1.165, 1.54) is 14.7 Å². The number of aliphatic hydroxyl groups is 2. The zero-order valence-electron chi connectivity index (χ0n) is 41.6. The molecule has 1 aromatic rings. The van der Waals surface area contributed by atoms with Crippen molar-refractivity contribution >= 4 is 47.3 Å². The van der Waals surface area contributed by atoms with Gasteiger partial charge in [0.25, 0.3) is 0 Å². The molecule has 0 spiro atoms. The molecule has 0 aromatic heterocycles. The number of carbonyl (C=O) groups is 8. The largest absolute Gasteiger partial charge is 0.480 e. The van der Waals surface area contributed by atoms with E-state index in [1.54, 1.807) is 57.1 Å². The van der Waals surface area contributed by atoms with Crippen molar-refractivity contribution in [3.8, 4) is 0 Å². The van der Waals surface area contributed by atoms with E-state index in [0.717, 1.165) is 5.56 Å². The molecule has 2 aliphatic rings. The number of hydrogen-bond acceptors (Lipinski definition) is 10. The third-order valence-electron chi connectivity index (χ3n) is 14.1. The first kappa shape index (κ1) is 56.4. The van der Waals surface area contributed by atoms with Crippen LogP contribution in [0.25, 0.3) is 0 Å². The lowest BCUT2D eigenvalue weighted by atomic mass is 9.83. The number of unbranched alkanes of at least 4 members (excludes halogenated alkanes) is 2. The number of nitrogens with one attached hydrogen (secondary N) is 2. The number of carboxylic acid groups (broad SMARTS) is 1. The van der Waals surface area contributed by atoms with Crippen LogP contribution in [0.2, 0.25) is 0 Å². The molecule has 0 saturated carbocycles. The summed E-state index contributed by atoms with van der Waals surface area (Å²) in [4.78, 5) is 112. The van der Waals surface area contributed by atoms with Crippen LogP contribution < -0.4 is 10.6 Å². The number of imide groups is 1. The van der Waals surface area contributed by atoms with Gasteiger partial charge in [-0.25, -0.2) is 4.79 Å². The van der Waals surface area contributed by atoms with Crippen molar-refractivity contribution in [2.45, 2.75) is 150 Å². The zero-order valence-corrected chi connectivity index (χ0v) is 41.6. The van der Waals surface area contributed by atoms with Crippen LogP contribution in [0.5, 0.6) is 0 Å². The van der Waals surface area contributed by atoms with Crippen LogP contribution >= 0.6 is 0 Å². The van der Waals surface area contributed by atoms with Gasteiger partial charge in [-0.1, -0.05) is 98.6 Å². The highest BCUT2D eigenvalue weighted by Crippen LogP contribution is 2.33. The molecule has 3 rings (SSSR count). The second-order valence-electron chi connectivity index (χ2n) is 19.7. The van der Waals surface area contributed by atoms with E-state index in [4.69, 9.17) is 0 Å². The van der Waals surface area contributed by atoms with E-state index in [0.29, 0.717) is 51.6 Å². The highest BCUT2D eigenvalue weighted by atomic mass is 16.4. The molecule has 7 amide bonds. The molecular formula is C50H80N6O11. The lowest BCUT2D eigenvalue weighted by Gasteiger charge is -2.41. The topological polar surface area (TPSA) is 234 Å². The predicted molar refractivity (Wildman–Crippen MR) is 253 cm³/mol. The summed E-state index contributed by atoms with van der Waals surface area (Å²) in [6.07, 6.45) is 3.74. The van der Waals surface area contributed by atoms with Gasteiger partial charge in [-0.05, 0) is 49.0 Å². The number of rotatable bonds is 27. The Morgan fingerprint density at radius 2 is 1.51 bits per heavy atom. The number of carbonyl (C=O) groups excluding carboxylic acids is 7. The number of aliphatic carboxylic acids is 1. The molecule has 67 heavy (non-hydrogen) atoms. The van der Waals surface area contributed by atoms with E-state index < -0.39 is 84.9 Å². The van der Waals surface area contributed by atoms with Gasteiger partial charge in [0.15, 0.2) is 0 Å². The molecule has 0 aliphatic carbocycles. The lowest BCUT2D eigenvalue weighted by molar-refractivity contribution is -0.146. The van der Waals surface area contributed by atoms with Crippen molar-refractivity contribution < 1.29 is 53.7 Å². The van der Waals surface area contributed by atoms with Crippen LogP contribution in [0, 0.1) is 41.4 Å². The number of likely N-dealkylation sites (N-methyl/N-ethyl adjacent to an activating group) is 2. The molecule has 1 unspecified atom stereocenters. The molecule has 17 nitrogen and oxygen atoms in total. The van der Waals surface area contributed by atoms with Gasteiger partial charge in [-0.2, -0.15) is 0 Å². The van der Waals surface area contributed by atoms with Crippen molar-refractivity contribution in [3.63, 3.8) is 0 Å². The Bertz CT molecular complexity index is 1840. The maximum absolute atomic E-state index is 14.5. The van der Waals surface area contributed by atoms with Crippen LogP contribution in [0.4, 0.5) is 0 Å². The molecule has 1 aromatic carbocycles. The van der Waals surface area contributed by atoms with Gasteiger partial charge in [-0.15, -0.1) is 0 Å². The highest BCUT2D eigenvalue weighted by Gasteiger charge is 2.43. The summed E-state index contributed by atoms with van der Waals surface area (Å²) in [5.41, 5.74) is 0.737. The summed E-state index contributed by atoms with van der Waals surface area (Å²) in [7, 11) is 3.18. The third-order valence-corrected chi connectivity index (χ3v) is 14.1. The van der Waals surface area contributed by atoms with Crippen LogP contribution in [0.15, 0.2) is 30.3 Å². The molecule has 0 bridgehead atoms. The highest BCUT2D eigenvalue weighted by molar-refractivity contribution is 6.03. The first-order valence-electron chi connectivity index (χ1n) is 24.4.